The summed E-state index contributed by atoms with van der Waals surface area (Å²) < 4.78 is 12.3. The number of unbranched alkanes of at least 4 members (excludes halogenated alkanes) is 1. The Bertz CT molecular complexity index is 1500. The van der Waals surface area contributed by atoms with Crippen LogP contribution < -0.4 is 26.6 Å². The monoisotopic (exact) mass is 896 g/mol. The molecule has 0 bridgehead atoms. The average Bonchev–Trinajstić information content (AvgIpc) is 3.06. The van der Waals surface area contributed by atoms with Crippen molar-refractivity contribution in [1.82, 2.24) is 26.6 Å². The van der Waals surface area contributed by atoms with Gasteiger partial charge in [0.2, 0.25) is 23.6 Å². The molecule has 0 aliphatic carbocycles. The maximum Gasteiger partial charge on any atom is 0.326 e. The molecule has 2 atom stereocenters. The first kappa shape index (κ1) is 59.9. The molecule has 0 aliphatic heterocycles. The van der Waals surface area contributed by atoms with Crippen LogP contribution in [0.5, 0.6) is 0 Å². The molecule has 14 heteroatoms. The molecular formula is C49H93N5O9. The predicted molar refractivity (Wildman–Crippen MR) is 252 cm³/mol. The van der Waals surface area contributed by atoms with Crippen molar-refractivity contribution in [1.29, 1.82) is 0 Å². The summed E-state index contributed by atoms with van der Waals surface area (Å²) in [5.41, 5.74) is -4.18. The highest BCUT2D eigenvalue weighted by atomic mass is 16.5. The highest BCUT2D eigenvalue weighted by Gasteiger charge is 2.38. The minimum atomic E-state index is -1.21. The van der Waals surface area contributed by atoms with Gasteiger partial charge in [0.25, 0.3) is 0 Å². The fourth-order valence-electron chi connectivity index (χ4n) is 7.93. The number of nitrogens with one attached hydrogen (secondary N) is 5. The Kier molecular flexibility index (Phi) is 23.2. The Morgan fingerprint density at radius 2 is 1.10 bits per heavy atom. The lowest BCUT2D eigenvalue weighted by atomic mass is 9.75. The summed E-state index contributed by atoms with van der Waals surface area (Å²) in [6.07, 6.45) is 4.55. The molecule has 14 nitrogen and oxygen atoms in total. The Hall–Kier alpha value is -3.10. The number of rotatable bonds is 29. The summed E-state index contributed by atoms with van der Waals surface area (Å²) in [6, 6.07) is -1.43. The van der Waals surface area contributed by atoms with Crippen LogP contribution in [0.15, 0.2) is 0 Å². The van der Waals surface area contributed by atoms with Crippen LogP contribution >= 0.6 is 0 Å². The first-order chi connectivity index (χ1) is 28.2. The third-order valence-corrected chi connectivity index (χ3v) is 10.8. The van der Waals surface area contributed by atoms with E-state index in [-0.39, 0.29) is 72.4 Å². The largest absolute Gasteiger partial charge is 0.480 e. The van der Waals surface area contributed by atoms with Gasteiger partial charge in [0.15, 0.2) is 5.78 Å². The molecule has 0 aromatic heterocycles. The number of ether oxygens (including phenoxy) is 2. The third kappa shape index (κ3) is 27.1. The smallest absolute Gasteiger partial charge is 0.326 e. The Morgan fingerprint density at radius 1 is 0.556 bits per heavy atom. The molecule has 6 N–H and O–H groups in total. The standard InChI is InChI=1S/C49H93N5O9/c1-42(2,3)32-45(10,11)41(61)52-35(39(58)59)23-24-37(56)54-47(14,15)33-46(12,13)40(60)51-29-31-63-49(18,19)27-30-62-48(16,17)26-25-36(55)50-28-21-20-22-34(53-44(7,8)9)38(57)43(4,5)6/h34-35,53H,20-33H2,1-19H3,(H,50,55)(H,51,60)(H,52,61)(H,54,56)(H,58,59)/t34-,35-/m0/s1. The molecule has 0 heterocycles. The van der Waals surface area contributed by atoms with Crippen molar-refractivity contribution >= 4 is 35.4 Å². The molecule has 0 spiro atoms. The fraction of sp³-hybridized carbons (Fsp3) is 0.878. The second-order valence-electron chi connectivity index (χ2n) is 24.1. The van der Waals surface area contributed by atoms with E-state index in [9.17, 15) is 33.9 Å². The van der Waals surface area contributed by atoms with Crippen molar-refractivity contribution in [3.05, 3.63) is 0 Å². The van der Waals surface area contributed by atoms with Crippen LogP contribution in [0.3, 0.4) is 0 Å². The molecule has 0 fully saturated rings. The van der Waals surface area contributed by atoms with Crippen LogP contribution in [0.2, 0.25) is 0 Å². The third-order valence-electron chi connectivity index (χ3n) is 10.8. The Labute approximate surface area is 382 Å². The summed E-state index contributed by atoms with van der Waals surface area (Å²) in [5.74, 6) is -1.95. The molecule has 4 amide bonds. The molecule has 0 aromatic rings. The first-order valence-electron chi connectivity index (χ1n) is 23.2. The van der Waals surface area contributed by atoms with Crippen LogP contribution in [0.1, 0.15) is 196 Å². The lowest BCUT2D eigenvalue weighted by Gasteiger charge is -2.35. The second-order valence-corrected chi connectivity index (χ2v) is 24.1. The molecule has 368 valence electrons. The lowest BCUT2D eigenvalue weighted by Crippen LogP contribution is -2.51. The van der Waals surface area contributed by atoms with E-state index in [1.807, 2.05) is 83.1 Å². The van der Waals surface area contributed by atoms with Crippen LogP contribution in [0.4, 0.5) is 0 Å². The van der Waals surface area contributed by atoms with Crippen molar-refractivity contribution in [3.8, 4) is 0 Å². The molecule has 0 aliphatic rings. The molecule has 0 saturated heterocycles. The van der Waals surface area contributed by atoms with Crippen molar-refractivity contribution in [3.63, 3.8) is 0 Å². The minimum Gasteiger partial charge on any atom is -0.480 e. The van der Waals surface area contributed by atoms with Gasteiger partial charge in [-0.3, -0.25) is 24.0 Å². The molecule has 0 unspecified atom stereocenters. The second kappa shape index (κ2) is 24.4. The zero-order valence-corrected chi connectivity index (χ0v) is 43.3. The predicted octanol–water partition coefficient (Wildman–Crippen LogP) is 7.64. The molecule has 0 rings (SSSR count). The van der Waals surface area contributed by atoms with Crippen LogP contribution in [0.25, 0.3) is 0 Å². The van der Waals surface area contributed by atoms with Gasteiger partial charge in [0.05, 0.1) is 30.5 Å². The average molecular weight is 896 g/mol. The quantitative estimate of drug-likeness (QED) is 0.0406. The molecule has 0 saturated carbocycles. The number of aliphatic carboxylic acids is 1. The van der Waals surface area contributed by atoms with Gasteiger partial charge >= 0.3 is 5.97 Å². The topological polar surface area (TPSA) is 201 Å². The summed E-state index contributed by atoms with van der Waals surface area (Å²) in [7, 11) is 0. The van der Waals surface area contributed by atoms with Crippen molar-refractivity contribution in [2.75, 3.05) is 26.3 Å². The summed E-state index contributed by atoms with van der Waals surface area (Å²) in [4.78, 5) is 76.8. The van der Waals surface area contributed by atoms with E-state index in [1.165, 1.54) is 0 Å². The van der Waals surface area contributed by atoms with Gasteiger partial charge < -0.3 is 41.2 Å². The highest BCUT2D eigenvalue weighted by Crippen LogP contribution is 2.34. The van der Waals surface area contributed by atoms with Crippen molar-refractivity contribution < 1.29 is 43.3 Å². The maximum atomic E-state index is 13.3. The fourth-order valence-corrected chi connectivity index (χ4v) is 7.93. The van der Waals surface area contributed by atoms with E-state index in [0.29, 0.717) is 45.3 Å². The van der Waals surface area contributed by atoms with E-state index >= 15 is 0 Å². The van der Waals surface area contributed by atoms with Gasteiger partial charge in [0.1, 0.15) is 6.04 Å². The zero-order chi connectivity index (χ0) is 49.5. The summed E-state index contributed by atoms with van der Waals surface area (Å²) >= 11 is 0. The number of carbonyl (C=O) groups is 6. The molecule has 0 aromatic carbocycles. The van der Waals surface area contributed by atoms with Crippen molar-refractivity contribution in [2.24, 2.45) is 21.7 Å². The first-order valence-corrected chi connectivity index (χ1v) is 23.2. The Balaban J connectivity index is 4.72. The van der Waals surface area contributed by atoms with Gasteiger partial charge in [-0.05, 0) is 119 Å². The minimum absolute atomic E-state index is 0.0235. The van der Waals surface area contributed by atoms with Gasteiger partial charge in [0, 0.05) is 53.3 Å². The maximum absolute atomic E-state index is 13.3. The SMILES string of the molecule is CC(C)(C)CC(C)(C)C(=O)N[C@@H](CCC(=O)NC(C)(C)CC(C)(C)C(=O)NCCOC(C)(C)CCOC(C)(C)CCC(=O)NCCCC[C@H](NC(C)(C)C)C(=O)C(C)(C)C)C(=O)O. The molecule has 0 radical (unpaired) electrons. The van der Waals surface area contributed by atoms with Gasteiger partial charge in [-0.25, -0.2) is 4.79 Å². The van der Waals surface area contributed by atoms with Gasteiger partial charge in [-0.1, -0.05) is 69.2 Å². The number of Topliss-reactive ketones (excluding diaryl/α,β-unsaturated/α-hetero) is 1. The van der Waals surface area contributed by atoms with E-state index in [4.69, 9.17) is 9.47 Å². The number of carbonyl (C=O) groups excluding carboxylic acids is 5. The van der Waals surface area contributed by atoms with Crippen LogP contribution in [-0.4, -0.2) is 101 Å². The van der Waals surface area contributed by atoms with E-state index in [2.05, 4.69) is 47.4 Å². The number of amides is 4. The normalized spacial score (nSPS) is 14.4. The van der Waals surface area contributed by atoms with Gasteiger partial charge in [-0.2, -0.15) is 0 Å². The summed E-state index contributed by atoms with van der Waals surface area (Å²) in [5, 5.41) is 24.8. The molecular weight excluding hydrogens is 803 g/mol. The van der Waals surface area contributed by atoms with Crippen LogP contribution in [-0.2, 0) is 38.2 Å². The zero-order valence-electron chi connectivity index (χ0n) is 43.3. The lowest BCUT2D eigenvalue weighted by molar-refractivity contribution is -0.144. The highest BCUT2D eigenvalue weighted by molar-refractivity contribution is 5.89. The van der Waals surface area contributed by atoms with E-state index < -0.39 is 45.0 Å². The molecule has 63 heavy (non-hydrogen) atoms. The summed E-state index contributed by atoms with van der Waals surface area (Å²) in [6.45, 7) is 38.4. The number of hydrogen-bond donors (Lipinski definition) is 6. The number of carboxylic acid groups (broad SMARTS) is 1. The number of hydrogen-bond acceptors (Lipinski definition) is 9. The van der Waals surface area contributed by atoms with Crippen molar-refractivity contribution in [2.45, 2.75) is 230 Å². The van der Waals surface area contributed by atoms with E-state index in [0.717, 1.165) is 19.3 Å². The Morgan fingerprint density at radius 3 is 1.62 bits per heavy atom. The van der Waals surface area contributed by atoms with Gasteiger partial charge in [-0.15, -0.1) is 0 Å². The number of ketones is 1. The van der Waals surface area contributed by atoms with E-state index in [1.54, 1.807) is 27.7 Å². The number of carboxylic acids is 1. The van der Waals surface area contributed by atoms with Crippen LogP contribution in [0, 0.1) is 21.7 Å².